The predicted molar refractivity (Wildman–Crippen MR) is 128 cm³/mol. The Morgan fingerprint density at radius 2 is 1.85 bits per heavy atom. The standard InChI is InChI=1S/C27H31NO6/c1-16(2)21-14-18(9-12-22(21)33-4)25(29)23-24(17-7-10-19(32-3)11-8-17)28(27(31)26(23)30)15-20-6-5-13-34-20/h7-12,14,16,20,24,29H,5-6,13,15H2,1-4H3/b25-23-. The first-order valence-electron chi connectivity index (χ1n) is 11.6. The Bertz CT molecular complexity index is 1100. The molecule has 180 valence electrons. The maximum absolute atomic E-state index is 13.3. The molecule has 7 nitrogen and oxygen atoms in total. The van der Waals surface area contributed by atoms with Crippen molar-refractivity contribution in [1.29, 1.82) is 0 Å². The third kappa shape index (κ3) is 4.40. The van der Waals surface area contributed by atoms with E-state index in [1.807, 2.05) is 32.0 Å². The normalized spacial score (nSPS) is 22.0. The summed E-state index contributed by atoms with van der Waals surface area (Å²) in [7, 11) is 3.18. The summed E-state index contributed by atoms with van der Waals surface area (Å²) in [4.78, 5) is 27.9. The van der Waals surface area contributed by atoms with Crippen molar-refractivity contribution in [2.75, 3.05) is 27.4 Å². The summed E-state index contributed by atoms with van der Waals surface area (Å²) in [5.41, 5.74) is 2.17. The van der Waals surface area contributed by atoms with Crippen LogP contribution in [0.2, 0.25) is 0 Å². The number of carbonyl (C=O) groups is 2. The average molecular weight is 466 g/mol. The molecule has 2 atom stereocenters. The minimum absolute atomic E-state index is 0.0769. The second-order valence-electron chi connectivity index (χ2n) is 8.97. The molecule has 7 heteroatoms. The minimum Gasteiger partial charge on any atom is -0.507 e. The molecule has 0 spiro atoms. The highest BCUT2D eigenvalue weighted by Gasteiger charge is 2.47. The number of aliphatic hydroxyl groups is 1. The molecule has 0 bridgehead atoms. The van der Waals surface area contributed by atoms with Crippen LogP contribution in [-0.4, -0.2) is 55.2 Å². The lowest BCUT2D eigenvalue weighted by atomic mass is 9.93. The van der Waals surface area contributed by atoms with E-state index >= 15 is 0 Å². The Labute approximate surface area is 199 Å². The summed E-state index contributed by atoms with van der Waals surface area (Å²) in [6.45, 7) is 4.99. The smallest absolute Gasteiger partial charge is 0.295 e. The van der Waals surface area contributed by atoms with Crippen LogP contribution in [-0.2, 0) is 14.3 Å². The lowest BCUT2D eigenvalue weighted by Gasteiger charge is -2.27. The molecule has 1 amide bonds. The second kappa shape index (κ2) is 9.89. The molecule has 0 saturated carbocycles. The number of ketones is 1. The van der Waals surface area contributed by atoms with Gasteiger partial charge in [0.1, 0.15) is 17.3 Å². The zero-order valence-electron chi connectivity index (χ0n) is 20.0. The quantitative estimate of drug-likeness (QED) is 0.370. The van der Waals surface area contributed by atoms with Crippen LogP contribution in [0.15, 0.2) is 48.0 Å². The molecule has 2 heterocycles. The van der Waals surface area contributed by atoms with Gasteiger partial charge >= 0.3 is 0 Å². The van der Waals surface area contributed by atoms with Crippen LogP contribution in [0.5, 0.6) is 11.5 Å². The molecule has 4 rings (SSSR count). The number of benzene rings is 2. The topological polar surface area (TPSA) is 85.3 Å². The van der Waals surface area contributed by atoms with E-state index in [1.165, 1.54) is 4.90 Å². The van der Waals surface area contributed by atoms with Gasteiger partial charge in [-0.3, -0.25) is 9.59 Å². The van der Waals surface area contributed by atoms with Crippen LogP contribution in [0.3, 0.4) is 0 Å². The van der Waals surface area contributed by atoms with Crippen LogP contribution in [0, 0.1) is 0 Å². The molecule has 34 heavy (non-hydrogen) atoms. The Morgan fingerprint density at radius 1 is 1.12 bits per heavy atom. The molecule has 2 aromatic rings. The first kappa shape index (κ1) is 23.8. The van der Waals surface area contributed by atoms with Gasteiger partial charge in [0.05, 0.1) is 31.9 Å². The van der Waals surface area contributed by atoms with Gasteiger partial charge in [-0.2, -0.15) is 0 Å². The maximum atomic E-state index is 13.3. The number of hydrogen-bond acceptors (Lipinski definition) is 6. The van der Waals surface area contributed by atoms with E-state index in [4.69, 9.17) is 14.2 Å². The molecule has 2 aliphatic rings. The number of Topliss-reactive ketones (excluding diaryl/α,β-unsaturated/α-hetero) is 1. The summed E-state index contributed by atoms with van der Waals surface area (Å²) in [6, 6.07) is 11.8. The van der Waals surface area contributed by atoms with Crippen LogP contribution < -0.4 is 9.47 Å². The number of aliphatic hydroxyl groups excluding tert-OH is 1. The Morgan fingerprint density at radius 3 is 2.44 bits per heavy atom. The molecule has 2 fully saturated rings. The molecule has 2 aliphatic heterocycles. The number of rotatable bonds is 7. The summed E-state index contributed by atoms with van der Waals surface area (Å²) < 4.78 is 16.5. The second-order valence-corrected chi connectivity index (χ2v) is 8.97. The summed E-state index contributed by atoms with van der Waals surface area (Å²) in [5, 5.41) is 11.4. The summed E-state index contributed by atoms with van der Waals surface area (Å²) >= 11 is 0. The molecular weight excluding hydrogens is 434 g/mol. The van der Waals surface area contributed by atoms with Gasteiger partial charge in [-0.15, -0.1) is 0 Å². The summed E-state index contributed by atoms with van der Waals surface area (Å²) in [5.74, 6) is -0.0112. The van der Waals surface area contributed by atoms with Gasteiger partial charge in [0, 0.05) is 18.7 Å². The number of carbonyl (C=O) groups excluding carboxylic acids is 2. The van der Waals surface area contributed by atoms with Gasteiger partial charge in [0.2, 0.25) is 0 Å². The molecule has 2 unspecified atom stereocenters. The first-order valence-corrected chi connectivity index (χ1v) is 11.6. The van der Waals surface area contributed by atoms with Gasteiger partial charge < -0.3 is 24.2 Å². The summed E-state index contributed by atoms with van der Waals surface area (Å²) in [6.07, 6.45) is 1.62. The van der Waals surface area contributed by atoms with E-state index in [2.05, 4.69) is 0 Å². The zero-order chi connectivity index (χ0) is 24.4. The zero-order valence-corrected chi connectivity index (χ0v) is 20.0. The van der Waals surface area contributed by atoms with Crippen molar-refractivity contribution in [3.05, 3.63) is 64.7 Å². The first-order chi connectivity index (χ1) is 16.3. The highest BCUT2D eigenvalue weighted by Crippen LogP contribution is 2.41. The van der Waals surface area contributed by atoms with Gasteiger partial charge in [-0.05, 0) is 60.2 Å². The Kier molecular flexibility index (Phi) is 6.93. The highest BCUT2D eigenvalue weighted by molar-refractivity contribution is 6.46. The van der Waals surface area contributed by atoms with Crippen molar-refractivity contribution in [3.63, 3.8) is 0 Å². The third-order valence-electron chi connectivity index (χ3n) is 6.52. The monoisotopic (exact) mass is 465 g/mol. The Balaban J connectivity index is 1.83. The number of methoxy groups -OCH3 is 2. The van der Waals surface area contributed by atoms with Crippen molar-refractivity contribution >= 4 is 17.4 Å². The number of likely N-dealkylation sites (tertiary alicyclic amines) is 1. The van der Waals surface area contributed by atoms with Gasteiger partial charge in [-0.25, -0.2) is 0 Å². The van der Waals surface area contributed by atoms with Gasteiger partial charge in [0.25, 0.3) is 11.7 Å². The predicted octanol–water partition coefficient (Wildman–Crippen LogP) is 4.43. The van der Waals surface area contributed by atoms with Crippen molar-refractivity contribution in [1.82, 2.24) is 4.90 Å². The lowest BCUT2D eigenvalue weighted by molar-refractivity contribution is -0.140. The van der Waals surface area contributed by atoms with Crippen LogP contribution in [0.25, 0.3) is 5.76 Å². The van der Waals surface area contributed by atoms with Crippen molar-refractivity contribution in [3.8, 4) is 11.5 Å². The molecule has 2 saturated heterocycles. The van der Waals surface area contributed by atoms with E-state index in [1.54, 1.807) is 38.5 Å². The fraction of sp³-hybridized carbons (Fsp3) is 0.407. The molecule has 0 radical (unpaired) electrons. The SMILES string of the molecule is COc1ccc(C2/C(=C(/O)c3ccc(OC)c(C(C)C)c3)C(=O)C(=O)N2CC2CCCO2)cc1. The van der Waals surface area contributed by atoms with E-state index in [0.717, 1.165) is 24.0 Å². The minimum atomic E-state index is -0.722. The molecule has 1 N–H and O–H groups in total. The van der Waals surface area contributed by atoms with E-state index in [-0.39, 0.29) is 29.9 Å². The lowest BCUT2D eigenvalue weighted by Crippen LogP contribution is -2.36. The number of hydrogen-bond donors (Lipinski definition) is 1. The van der Waals surface area contributed by atoms with Crippen LogP contribution in [0.4, 0.5) is 0 Å². The largest absolute Gasteiger partial charge is 0.507 e. The fourth-order valence-corrected chi connectivity index (χ4v) is 4.70. The van der Waals surface area contributed by atoms with E-state index in [0.29, 0.717) is 23.7 Å². The maximum Gasteiger partial charge on any atom is 0.295 e. The van der Waals surface area contributed by atoms with Crippen LogP contribution in [0.1, 0.15) is 55.3 Å². The molecular formula is C27H31NO6. The van der Waals surface area contributed by atoms with Gasteiger partial charge in [-0.1, -0.05) is 26.0 Å². The number of amides is 1. The molecule has 0 aliphatic carbocycles. The third-order valence-corrected chi connectivity index (χ3v) is 6.52. The van der Waals surface area contributed by atoms with Gasteiger partial charge in [0.15, 0.2) is 0 Å². The van der Waals surface area contributed by atoms with Crippen molar-refractivity contribution in [2.45, 2.75) is 44.8 Å². The Hall–Kier alpha value is -3.32. The van der Waals surface area contributed by atoms with Crippen molar-refractivity contribution < 1.29 is 28.9 Å². The van der Waals surface area contributed by atoms with E-state index < -0.39 is 17.7 Å². The number of nitrogens with zero attached hydrogens (tertiary/aromatic N) is 1. The van der Waals surface area contributed by atoms with Crippen LogP contribution >= 0.6 is 0 Å². The van der Waals surface area contributed by atoms with Crippen molar-refractivity contribution in [2.24, 2.45) is 0 Å². The molecule has 2 aromatic carbocycles. The molecule has 0 aromatic heterocycles. The highest BCUT2D eigenvalue weighted by atomic mass is 16.5. The van der Waals surface area contributed by atoms with E-state index in [9.17, 15) is 14.7 Å². The number of ether oxygens (including phenoxy) is 3. The average Bonchev–Trinajstić information content (AvgIpc) is 3.45. The fourth-order valence-electron chi connectivity index (χ4n) is 4.70.